The van der Waals surface area contributed by atoms with Crippen molar-refractivity contribution in [2.45, 2.75) is 20.1 Å². The third-order valence-electron chi connectivity index (χ3n) is 5.91. The molecule has 1 N–H and O–H groups in total. The van der Waals surface area contributed by atoms with Gasteiger partial charge in [0.15, 0.2) is 11.0 Å². The first kappa shape index (κ1) is 23.1. The van der Waals surface area contributed by atoms with Crippen molar-refractivity contribution in [3.05, 3.63) is 130 Å². The zero-order valence-corrected chi connectivity index (χ0v) is 19.7. The second kappa shape index (κ2) is 10.3. The van der Waals surface area contributed by atoms with E-state index in [1.165, 1.54) is 0 Å². The maximum Gasteiger partial charge on any atom is 0.255 e. The first-order valence-corrected chi connectivity index (χ1v) is 11.6. The van der Waals surface area contributed by atoms with E-state index in [2.05, 4.69) is 10.3 Å². The van der Waals surface area contributed by atoms with Gasteiger partial charge in [-0.1, -0.05) is 54.6 Å². The van der Waals surface area contributed by atoms with E-state index in [4.69, 9.17) is 9.15 Å². The van der Waals surface area contributed by atoms with E-state index in [9.17, 15) is 9.59 Å². The highest BCUT2D eigenvalue weighted by molar-refractivity contribution is 6.05. The molecule has 5 aromatic rings. The molecule has 0 fully saturated rings. The Morgan fingerprint density at radius 2 is 1.69 bits per heavy atom. The standard InChI is InChI=1S/C30H24N2O4/c1-20-27(33)25-11-7-12-26(29(25)36-28(20)22-8-3-2-4-9-22)30(34)32-18-21-13-15-24(16-14-21)35-19-23-10-5-6-17-31-23/h2-17H,18-19H2,1H3,(H,32,34). The number of aromatic nitrogens is 1. The highest BCUT2D eigenvalue weighted by Crippen LogP contribution is 2.27. The van der Waals surface area contributed by atoms with Gasteiger partial charge in [0.2, 0.25) is 0 Å². The molecule has 0 spiro atoms. The zero-order valence-electron chi connectivity index (χ0n) is 19.7. The van der Waals surface area contributed by atoms with Crippen molar-refractivity contribution < 1.29 is 13.9 Å². The van der Waals surface area contributed by atoms with Crippen molar-refractivity contribution >= 4 is 16.9 Å². The molecule has 0 saturated heterocycles. The molecule has 0 aliphatic heterocycles. The number of nitrogens with zero attached hydrogens (tertiary/aromatic N) is 1. The van der Waals surface area contributed by atoms with Crippen molar-refractivity contribution in [2.24, 2.45) is 0 Å². The number of rotatable bonds is 7. The van der Waals surface area contributed by atoms with E-state index >= 15 is 0 Å². The third kappa shape index (κ3) is 4.88. The highest BCUT2D eigenvalue weighted by atomic mass is 16.5. The summed E-state index contributed by atoms with van der Waals surface area (Å²) in [4.78, 5) is 30.4. The molecule has 0 atom stereocenters. The summed E-state index contributed by atoms with van der Waals surface area (Å²) in [5, 5.41) is 3.31. The van der Waals surface area contributed by atoms with Crippen LogP contribution in [0.15, 0.2) is 106 Å². The van der Waals surface area contributed by atoms with Crippen LogP contribution in [0.25, 0.3) is 22.3 Å². The molecule has 6 nitrogen and oxygen atoms in total. The van der Waals surface area contributed by atoms with E-state index in [0.717, 1.165) is 22.6 Å². The summed E-state index contributed by atoms with van der Waals surface area (Å²) in [5.41, 5.74) is 3.51. The number of carbonyl (C=O) groups excluding carboxylic acids is 1. The molecule has 0 bridgehead atoms. The van der Waals surface area contributed by atoms with Crippen LogP contribution in [0.5, 0.6) is 5.75 Å². The van der Waals surface area contributed by atoms with E-state index < -0.39 is 0 Å². The number of benzene rings is 3. The first-order chi connectivity index (χ1) is 17.6. The van der Waals surface area contributed by atoms with E-state index in [1.807, 2.05) is 72.8 Å². The van der Waals surface area contributed by atoms with E-state index in [1.54, 1.807) is 31.3 Å². The van der Waals surface area contributed by atoms with Gasteiger partial charge in [-0.15, -0.1) is 0 Å². The van der Waals surface area contributed by atoms with Crippen molar-refractivity contribution in [2.75, 3.05) is 0 Å². The Morgan fingerprint density at radius 1 is 0.917 bits per heavy atom. The van der Waals surface area contributed by atoms with Crippen LogP contribution < -0.4 is 15.5 Å². The van der Waals surface area contributed by atoms with Crippen LogP contribution in [0.1, 0.15) is 27.2 Å². The number of hydrogen-bond acceptors (Lipinski definition) is 5. The lowest BCUT2D eigenvalue weighted by Crippen LogP contribution is -2.23. The number of nitrogens with one attached hydrogen (secondary N) is 1. The van der Waals surface area contributed by atoms with Gasteiger partial charge in [-0.2, -0.15) is 0 Å². The first-order valence-electron chi connectivity index (χ1n) is 11.6. The fourth-order valence-corrected chi connectivity index (χ4v) is 3.98. The summed E-state index contributed by atoms with van der Waals surface area (Å²) in [5.74, 6) is 0.868. The number of hydrogen-bond donors (Lipinski definition) is 1. The maximum absolute atomic E-state index is 13.1. The molecule has 0 unspecified atom stereocenters. The molecule has 5 rings (SSSR count). The molecule has 178 valence electrons. The quantitative estimate of drug-likeness (QED) is 0.327. The van der Waals surface area contributed by atoms with Gasteiger partial charge in [0.05, 0.1) is 16.6 Å². The minimum atomic E-state index is -0.318. The Bertz CT molecular complexity index is 1560. The van der Waals surface area contributed by atoms with Gasteiger partial charge >= 0.3 is 0 Å². The molecule has 36 heavy (non-hydrogen) atoms. The Labute approximate surface area is 208 Å². The lowest BCUT2D eigenvalue weighted by molar-refractivity contribution is 0.0951. The molecule has 2 aromatic heterocycles. The van der Waals surface area contributed by atoms with Gasteiger partial charge < -0.3 is 14.5 Å². The molecule has 0 radical (unpaired) electrons. The van der Waals surface area contributed by atoms with Crippen molar-refractivity contribution in [1.82, 2.24) is 10.3 Å². The van der Waals surface area contributed by atoms with E-state index in [-0.39, 0.29) is 16.9 Å². The number of pyridine rings is 1. The Hall–Kier alpha value is -4.71. The van der Waals surface area contributed by atoms with Crippen LogP contribution in [0.3, 0.4) is 0 Å². The predicted molar refractivity (Wildman–Crippen MR) is 139 cm³/mol. The van der Waals surface area contributed by atoms with Gasteiger partial charge in [0.1, 0.15) is 18.1 Å². The molecule has 3 aromatic carbocycles. The minimum Gasteiger partial charge on any atom is -0.487 e. The van der Waals surface area contributed by atoms with Gasteiger partial charge in [0.25, 0.3) is 5.91 Å². The summed E-state index contributed by atoms with van der Waals surface area (Å²) < 4.78 is 11.9. The average molecular weight is 477 g/mol. The number of para-hydroxylation sites is 1. The fourth-order valence-electron chi connectivity index (χ4n) is 3.98. The number of fused-ring (bicyclic) bond motifs is 1. The Morgan fingerprint density at radius 3 is 2.44 bits per heavy atom. The average Bonchev–Trinajstić information content (AvgIpc) is 2.94. The summed E-state index contributed by atoms with van der Waals surface area (Å²) >= 11 is 0. The second-order valence-electron chi connectivity index (χ2n) is 8.37. The maximum atomic E-state index is 13.1. The highest BCUT2D eigenvalue weighted by Gasteiger charge is 2.18. The minimum absolute atomic E-state index is 0.147. The molecular weight excluding hydrogens is 452 g/mol. The summed E-state index contributed by atoms with van der Waals surface area (Å²) in [6.45, 7) is 2.44. The molecule has 6 heteroatoms. The Balaban J connectivity index is 1.32. The van der Waals surface area contributed by atoms with Crippen molar-refractivity contribution in [1.29, 1.82) is 0 Å². The normalized spacial score (nSPS) is 10.8. The van der Waals surface area contributed by atoms with Gasteiger partial charge in [0, 0.05) is 23.9 Å². The number of carbonyl (C=O) groups is 1. The van der Waals surface area contributed by atoms with Crippen molar-refractivity contribution in [3.63, 3.8) is 0 Å². The molecular formula is C30H24N2O4. The topological polar surface area (TPSA) is 81.4 Å². The summed E-state index contributed by atoms with van der Waals surface area (Å²) in [6.07, 6.45) is 1.73. The van der Waals surface area contributed by atoms with Crippen LogP contribution in [0.4, 0.5) is 0 Å². The lowest BCUT2D eigenvalue weighted by Gasteiger charge is -2.11. The van der Waals surface area contributed by atoms with Crippen LogP contribution in [-0.2, 0) is 13.2 Å². The lowest BCUT2D eigenvalue weighted by atomic mass is 10.0. The summed E-state index contributed by atoms with van der Waals surface area (Å²) in [6, 6.07) is 27.7. The van der Waals surface area contributed by atoms with E-state index in [0.29, 0.717) is 35.4 Å². The van der Waals surface area contributed by atoms with Gasteiger partial charge in [-0.25, -0.2) is 0 Å². The van der Waals surface area contributed by atoms with Crippen LogP contribution in [-0.4, -0.2) is 10.9 Å². The second-order valence-corrected chi connectivity index (χ2v) is 8.37. The summed E-state index contributed by atoms with van der Waals surface area (Å²) in [7, 11) is 0. The van der Waals surface area contributed by atoms with Gasteiger partial charge in [-0.3, -0.25) is 14.6 Å². The predicted octanol–water partition coefficient (Wildman–Crippen LogP) is 5.67. The zero-order chi connectivity index (χ0) is 24.9. The molecule has 0 aliphatic rings. The molecule has 0 aliphatic carbocycles. The molecule has 2 heterocycles. The van der Waals surface area contributed by atoms with Crippen LogP contribution >= 0.6 is 0 Å². The largest absolute Gasteiger partial charge is 0.487 e. The number of amides is 1. The monoisotopic (exact) mass is 476 g/mol. The third-order valence-corrected chi connectivity index (χ3v) is 5.91. The van der Waals surface area contributed by atoms with Crippen LogP contribution in [0, 0.1) is 6.92 Å². The van der Waals surface area contributed by atoms with Crippen molar-refractivity contribution in [3.8, 4) is 17.1 Å². The SMILES string of the molecule is Cc1c(-c2ccccc2)oc2c(C(=O)NCc3ccc(OCc4ccccn4)cc3)cccc2c1=O. The fraction of sp³-hybridized carbons (Fsp3) is 0.100. The Kier molecular flexibility index (Phi) is 6.58. The smallest absolute Gasteiger partial charge is 0.255 e. The molecule has 0 saturated carbocycles. The van der Waals surface area contributed by atoms with Crippen LogP contribution in [0.2, 0.25) is 0 Å². The number of ether oxygens (including phenoxy) is 1. The van der Waals surface area contributed by atoms with Gasteiger partial charge in [-0.05, 0) is 48.9 Å². The molecule has 1 amide bonds.